The van der Waals surface area contributed by atoms with E-state index in [-0.39, 0.29) is 34.5 Å². The number of fused-ring (bicyclic) bond motifs is 2. The zero-order valence-electron chi connectivity index (χ0n) is 12.7. The number of aromatic nitrogens is 1. The molecular weight excluding hydrogens is 376 g/mol. The third-order valence-electron chi connectivity index (χ3n) is 4.21. The molecule has 1 atom stereocenters. The van der Waals surface area contributed by atoms with E-state index in [1.807, 2.05) is 18.0 Å². The molecule has 2 aliphatic rings. The highest BCUT2D eigenvalue weighted by molar-refractivity contribution is 9.10. The summed E-state index contributed by atoms with van der Waals surface area (Å²) in [6, 6.07) is 4.31. The van der Waals surface area contributed by atoms with Gasteiger partial charge in [-0.1, -0.05) is 15.9 Å². The summed E-state index contributed by atoms with van der Waals surface area (Å²) in [4.78, 5) is 18.9. The molecular formula is C17H13BrN2O4. The maximum absolute atomic E-state index is 12.5. The van der Waals surface area contributed by atoms with Crippen LogP contribution >= 0.6 is 15.9 Å². The van der Waals surface area contributed by atoms with Gasteiger partial charge in [0.2, 0.25) is 5.78 Å². The van der Waals surface area contributed by atoms with Gasteiger partial charge < -0.3 is 19.8 Å². The molecule has 1 unspecified atom stereocenters. The van der Waals surface area contributed by atoms with E-state index in [2.05, 4.69) is 20.9 Å². The van der Waals surface area contributed by atoms with Crippen LogP contribution in [-0.4, -0.2) is 34.6 Å². The van der Waals surface area contributed by atoms with Crippen molar-refractivity contribution >= 4 is 27.5 Å². The second-order valence-electron chi connectivity index (χ2n) is 5.82. The Kier molecular flexibility index (Phi) is 3.28. The molecule has 0 bridgehead atoms. The van der Waals surface area contributed by atoms with E-state index < -0.39 is 5.78 Å². The fraction of sp³-hybridized carbons (Fsp3) is 0.176. The van der Waals surface area contributed by atoms with Crippen LogP contribution in [0, 0.1) is 0 Å². The van der Waals surface area contributed by atoms with Gasteiger partial charge >= 0.3 is 0 Å². The monoisotopic (exact) mass is 388 g/mol. The van der Waals surface area contributed by atoms with Gasteiger partial charge in [-0.2, -0.15) is 0 Å². The molecule has 2 aliphatic heterocycles. The number of Topliss-reactive ketones (excluding diaryl/α,β-unsaturated/α-hetero) is 1. The lowest BCUT2D eigenvalue weighted by atomic mass is 10.0. The summed E-state index contributed by atoms with van der Waals surface area (Å²) in [5.74, 6) is 0.266. The summed E-state index contributed by atoms with van der Waals surface area (Å²) in [7, 11) is 1.94. The van der Waals surface area contributed by atoms with Crippen LogP contribution in [0.15, 0.2) is 40.7 Å². The van der Waals surface area contributed by atoms with Gasteiger partial charge in [0.05, 0.1) is 0 Å². The smallest absolute Gasteiger partial charge is 0.235 e. The number of hydrogen-bond acceptors (Lipinski definition) is 6. The predicted molar refractivity (Wildman–Crippen MR) is 90.8 cm³/mol. The minimum Gasteiger partial charge on any atom is -0.508 e. The van der Waals surface area contributed by atoms with E-state index in [9.17, 15) is 15.0 Å². The number of anilines is 1. The van der Waals surface area contributed by atoms with Crippen LogP contribution in [0.1, 0.15) is 21.8 Å². The number of likely N-dealkylation sites (N-methyl/N-ethyl adjacent to an activating group) is 1. The highest BCUT2D eigenvalue weighted by atomic mass is 79.9. The van der Waals surface area contributed by atoms with Crippen LogP contribution in [0.25, 0.3) is 0 Å². The topological polar surface area (TPSA) is 82.9 Å². The van der Waals surface area contributed by atoms with Gasteiger partial charge in [0.15, 0.2) is 5.76 Å². The number of aromatic hydroxyl groups is 2. The summed E-state index contributed by atoms with van der Waals surface area (Å²) in [5, 5.41) is 19.4. The fourth-order valence-corrected chi connectivity index (χ4v) is 3.76. The number of ketones is 1. The number of nitrogens with zero attached hydrogens (tertiary/aromatic N) is 2. The number of allylic oxidation sites excluding steroid dienone is 1. The lowest BCUT2D eigenvalue weighted by molar-refractivity contribution is 0.101. The molecule has 0 amide bonds. The van der Waals surface area contributed by atoms with Crippen LogP contribution in [-0.2, 0) is 0 Å². The Morgan fingerprint density at radius 2 is 2.21 bits per heavy atom. The Morgan fingerprint density at radius 3 is 3.00 bits per heavy atom. The van der Waals surface area contributed by atoms with Crippen molar-refractivity contribution in [1.82, 2.24) is 4.98 Å². The van der Waals surface area contributed by atoms with Crippen LogP contribution in [0.5, 0.6) is 17.2 Å². The van der Waals surface area contributed by atoms with Crippen molar-refractivity contribution in [2.24, 2.45) is 0 Å². The fourth-order valence-electron chi connectivity index (χ4n) is 3.17. The van der Waals surface area contributed by atoms with Crippen molar-refractivity contribution in [3.63, 3.8) is 0 Å². The summed E-state index contributed by atoms with van der Waals surface area (Å²) >= 11 is 3.53. The Bertz CT molecular complexity index is 910. The molecule has 2 aromatic rings. The number of benzene rings is 1. The number of carbonyl (C=O) groups is 1. The number of pyridine rings is 1. The third-order valence-corrected chi connectivity index (χ3v) is 4.90. The molecule has 7 heteroatoms. The van der Waals surface area contributed by atoms with Gasteiger partial charge in [0, 0.05) is 47.9 Å². The molecule has 0 saturated heterocycles. The Hall–Kier alpha value is -2.54. The van der Waals surface area contributed by atoms with E-state index >= 15 is 0 Å². The zero-order valence-corrected chi connectivity index (χ0v) is 14.2. The Morgan fingerprint density at radius 1 is 1.42 bits per heavy atom. The molecule has 6 nitrogen and oxygen atoms in total. The number of phenols is 2. The molecule has 2 N–H and O–H groups in total. The normalized spacial score (nSPS) is 20.2. The van der Waals surface area contributed by atoms with Gasteiger partial charge in [0.25, 0.3) is 0 Å². The second-order valence-corrected chi connectivity index (χ2v) is 6.67. The van der Waals surface area contributed by atoms with Crippen molar-refractivity contribution in [2.45, 2.75) is 5.92 Å². The van der Waals surface area contributed by atoms with Gasteiger partial charge in [-0.3, -0.25) is 4.79 Å². The highest BCUT2D eigenvalue weighted by Gasteiger charge is 2.35. The van der Waals surface area contributed by atoms with E-state index in [4.69, 9.17) is 4.74 Å². The molecule has 0 aliphatic carbocycles. The molecule has 0 fully saturated rings. The van der Waals surface area contributed by atoms with Crippen molar-refractivity contribution in [1.29, 1.82) is 0 Å². The Labute approximate surface area is 146 Å². The minimum absolute atomic E-state index is 0.0722. The van der Waals surface area contributed by atoms with Gasteiger partial charge in [-0.05, 0) is 12.1 Å². The lowest BCUT2D eigenvalue weighted by Gasteiger charge is -2.09. The van der Waals surface area contributed by atoms with Crippen LogP contribution < -0.4 is 9.64 Å². The standard InChI is InChI=1S/C17H13BrN2O4/c1-20-7-8(14-10(18)2-3-19-17(14)20)4-13-16(23)15-11(22)5-9(21)6-12(15)24-13/h2-6,8,21-22H,7H2,1H3/b13-4-. The first-order valence-corrected chi connectivity index (χ1v) is 8.11. The summed E-state index contributed by atoms with van der Waals surface area (Å²) in [6.45, 7) is 0.665. The maximum Gasteiger partial charge on any atom is 0.235 e. The van der Waals surface area contributed by atoms with Gasteiger partial charge in [0.1, 0.15) is 28.6 Å². The van der Waals surface area contributed by atoms with Gasteiger partial charge in [-0.15, -0.1) is 0 Å². The highest BCUT2D eigenvalue weighted by Crippen LogP contribution is 2.43. The molecule has 122 valence electrons. The number of rotatable bonds is 1. The van der Waals surface area contributed by atoms with Crippen LogP contribution in [0.2, 0.25) is 0 Å². The van der Waals surface area contributed by atoms with Crippen molar-refractivity contribution in [3.8, 4) is 17.2 Å². The van der Waals surface area contributed by atoms with Crippen LogP contribution in [0.4, 0.5) is 5.82 Å². The molecule has 0 saturated carbocycles. The van der Waals surface area contributed by atoms with Crippen molar-refractivity contribution < 1.29 is 19.7 Å². The molecule has 4 rings (SSSR count). The SMILES string of the molecule is CN1CC(/C=C2\Oc3cc(O)cc(O)c3C2=O)c2c(Br)ccnc21. The number of halogens is 1. The molecule has 0 spiro atoms. The average molecular weight is 389 g/mol. The van der Waals surface area contributed by atoms with E-state index in [1.165, 1.54) is 6.07 Å². The molecule has 0 radical (unpaired) electrons. The molecule has 1 aromatic heterocycles. The summed E-state index contributed by atoms with van der Waals surface area (Å²) in [6.07, 6.45) is 3.47. The summed E-state index contributed by atoms with van der Waals surface area (Å²) in [5.41, 5.74) is 1.07. The Balaban J connectivity index is 1.75. The minimum atomic E-state index is -0.390. The first-order valence-electron chi connectivity index (χ1n) is 7.31. The first-order chi connectivity index (χ1) is 11.5. The summed E-state index contributed by atoms with van der Waals surface area (Å²) < 4.78 is 6.49. The number of hydrogen-bond donors (Lipinski definition) is 2. The van der Waals surface area contributed by atoms with E-state index in [0.717, 1.165) is 21.9 Å². The van der Waals surface area contributed by atoms with E-state index in [1.54, 1.807) is 12.3 Å². The van der Waals surface area contributed by atoms with Crippen molar-refractivity contribution in [2.75, 3.05) is 18.5 Å². The zero-order chi connectivity index (χ0) is 17.0. The quantitative estimate of drug-likeness (QED) is 0.730. The first kappa shape index (κ1) is 15.0. The van der Waals surface area contributed by atoms with E-state index in [0.29, 0.717) is 6.54 Å². The molecule has 3 heterocycles. The van der Waals surface area contributed by atoms with Crippen LogP contribution in [0.3, 0.4) is 0 Å². The van der Waals surface area contributed by atoms with Crippen molar-refractivity contribution in [3.05, 3.63) is 51.8 Å². The molecule has 1 aromatic carbocycles. The lowest BCUT2D eigenvalue weighted by Crippen LogP contribution is -2.16. The largest absolute Gasteiger partial charge is 0.508 e. The number of phenolic OH excluding ortho intramolecular Hbond substituents is 2. The van der Waals surface area contributed by atoms with Gasteiger partial charge in [-0.25, -0.2) is 4.98 Å². The maximum atomic E-state index is 12.5. The second kappa shape index (κ2) is 5.24. The average Bonchev–Trinajstić information content (AvgIpc) is 2.99. The third kappa shape index (κ3) is 2.16. The number of carbonyl (C=O) groups excluding carboxylic acids is 1. The number of ether oxygens (including phenoxy) is 1. The predicted octanol–water partition coefficient (Wildman–Crippen LogP) is 2.95. The molecule has 24 heavy (non-hydrogen) atoms.